The second kappa shape index (κ2) is 7.89. The van der Waals surface area contributed by atoms with E-state index >= 15 is 0 Å². The first-order chi connectivity index (χ1) is 9.45. The lowest BCUT2D eigenvalue weighted by Crippen LogP contribution is -2.36. The number of rotatable bonds is 6. The molecule has 0 aliphatic carbocycles. The lowest BCUT2D eigenvalue weighted by molar-refractivity contribution is -0.123. The summed E-state index contributed by atoms with van der Waals surface area (Å²) in [5.41, 5.74) is 0.500. The molecule has 1 aromatic carbocycles. The number of hydrogen-bond acceptors (Lipinski definition) is 3. The van der Waals surface area contributed by atoms with E-state index in [-0.39, 0.29) is 17.7 Å². The molecule has 2 N–H and O–H groups in total. The van der Waals surface area contributed by atoms with Crippen LogP contribution in [0.5, 0.6) is 5.75 Å². The van der Waals surface area contributed by atoms with E-state index in [0.717, 1.165) is 0 Å². The molecule has 110 valence electrons. The van der Waals surface area contributed by atoms with Gasteiger partial charge in [-0.1, -0.05) is 13.8 Å². The zero-order chi connectivity index (χ0) is 15.1. The molecule has 0 radical (unpaired) electrons. The summed E-state index contributed by atoms with van der Waals surface area (Å²) in [5.74, 6) is 0.320. The van der Waals surface area contributed by atoms with E-state index in [1.165, 1.54) is 0 Å². The molecule has 0 fully saturated rings. The van der Waals surface area contributed by atoms with Crippen LogP contribution in [-0.4, -0.2) is 32.0 Å². The Kier molecular flexibility index (Phi) is 6.51. The van der Waals surface area contributed by atoms with Crippen molar-refractivity contribution in [3.8, 4) is 5.75 Å². The van der Waals surface area contributed by atoms with Crippen LogP contribution in [0.2, 0.25) is 0 Å². The molecule has 0 unspecified atom stereocenters. The van der Waals surface area contributed by atoms with Crippen molar-refractivity contribution in [2.45, 2.75) is 13.8 Å². The molecule has 0 bridgehead atoms. The number of hydrogen-bond donors (Lipinski definition) is 2. The van der Waals surface area contributed by atoms with E-state index in [9.17, 15) is 9.59 Å². The summed E-state index contributed by atoms with van der Waals surface area (Å²) in [6.07, 6.45) is 0. The normalized spacial score (nSPS) is 10.2. The first-order valence-corrected chi connectivity index (χ1v) is 7.14. The highest BCUT2D eigenvalue weighted by molar-refractivity contribution is 9.10. The van der Waals surface area contributed by atoms with Crippen molar-refractivity contribution in [1.29, 1.82) is 0 Å². The molecule has 0 atom stereocenters. The van der Waals surface area contributed by atoms with Gasteiger partial charge in [-0.3, -0.25) is 9.59 Å². The van der Waals surface area contributed by atoms with Crippen molar-refractivity contribution < 1.29 is 14.3 Å². The van der Waals surface area contributed by atoms with Crippen molar-refractivity contribution in [2.24, 2.45) is 5.92 Å². The summed E-state index contributed by atoms with van der Waals surface area (Å²) < 4.78 is 5.78. The number of nitrogens with one attached hydrogen (secondary N) is 2. The molecule has 20 heavy (non-hydrogen) atoms. The fourth-order valence-electron chi connectivity index (χ4n) is 1.47. The number of amides is 2. The Morgan fingerprint density at radius 1 is 1.25 bits per heavy atom. The maximum absolute atomic E-state index is 12.0. The SMILES string of the molecule is COc1ccc(Br)c(C(=O)NCCNC(=O)C(C)C)c1. The molecule has 0 saturated carbocycles. The predicted molar refractivity (Wildman–Crippen MR) is 80.9 cm³/mol. The lowest BCUT2D eigenvalue weighted by atomic mass is 10.2. The van der Waals surface area contributed by atoms with E-state index < -0.39 is 0 Å². The number of benzene rings is 1. The van der Waals surface area contributed by atoms with Gasteiger partial charge in [0.2, 0.25) is 5.91 Å². The molecule has 0 saturated heterocycles. The molecule has 0 heterocycles. The zero-order valence-corrected chi connectivity index (χ0v) is 13.4. The standard InChI is InChI=1S/C14H19BrN2O3/c1-9(2)13(18)16-6-7-17-14(19)11-8-10(20-3)4-5-12(11)15/h4-5,8-9H,6-7H2,1-3H3,(H,16,18)(H,17,19). The van der Waals surface area contributed by atoms with Crippen LogP contribution in [-0.2, 0) is 4.79 Å². The Morgan fingerprint density at radius 2 is 1.90 bits per heavy atom. The summed E-state index contributed by atoms with van der Waals surface area (Å²) in [4.78, 5) is 23.4. The van der Waals surface area contributed by atoms with Gasteiger partial charge in [0.05, 0.1) is 12.7 Å². The second-order valence-electron chi connectivity index (χ2n) is 4.55. The Morgan fingerprint density at radius 3 is 2.50 bits per heavy atom. The minimum absolute atomic E-state index is 0.0261. The average molecular weight is 343 g/mol. The van der Waals surface area contributed by atoms with Crippen LogP contribution in [0.1, 0.15) is 24.2 Å². The van der Waals surface area contributed by atoms with Gasteiger partial charge in [-0.05, 0) is 34.1 Å². The molecular formula is C14H19BrN2O3. The Balaban J connectivity index is 2.49. The number of carbonyl (C=O) groups excluding carboxylic acids is 2. The molecule has 1 rings (SSSR count). The van der Waals surface area contributed by atoms with E-state index in [2.05, 4.69) is 26.6 Å². The van der Waals surface area contributed by atoms with Gasteiger partial charge in [-0.25, -0.2) is 0 Å². The molecule has 0 spiro atoms. The summed E-state index contributed by atoms with van der Waals surface area (Å²) in [6.45, 7) is 4.42. The second-order valence-corrected chi connectivity index (χ2v) is 5.40. The van der Waals surface area contributed by atoms with E-state index in [1.807, 2.05) is 13.8 Å². The van der Waals surface area contributed by atoms with Crippen LogP contribution in [0.25, 0.3) is 0 Å². The van der Waals surface area contributed by atoms with E-state index in [1.54, 1.807) is 25.3 Å². The number of halogens is 1. The molecule has 0 aliphatic heterocycles. The van der Waals surface area contributed by atoms with Gasteiger partial charge < -0.3 is 15.4 Å². The van der Waals surface area contributed by atoms with Crippen LogP contribution >= 0.6 is 15.9 Å². The maximum atomic E-state index is 12.0. The van der Waals surface area contributed by atoms with Gasteiger partial charge >= 0.3 is 0 Å². The highest BCUT2D eigenvalue weighted by Crippen LogP contribution is 2.22. The largest absolute Gasteiger partial charge is 0.497 e. The molecule has 6 heteroatoms. The van der Waals surface area contributed by atoms with Gasteiger partial charge in [0.25, 0.3) is 5.91 Å². The molecular weight excluding hydrogens is 324 g/mol. The Labute approximate surface area is 127 Å². The van der Waals surface area contributed by atoms with Gasteiger partial charge in [-0.15, -0.1) is 0 Å². The van der Waals surface area contributed by atoms with Crippen molar-refractivity contribution in [3.63, 3.8) is 0 Å². The molecule has 1 aromatic rings. The average Bonchev–Trinajstić information content (AvgIpc) is 2.43. The first-order valence-electron chi connectivity index (χ1n) is 6.35. The highest BCUT2D eigenvalue weighted by Gasteiger charge is 2.11. The minimum atomic E-state index is -0.213. The highest BCUT2D eigenvalue weighted by atomic mass is 79.9. The fraction of sp³-hybridized carbons (Fsp3) is 0.429. The number of ether oxygens (including phenoxy) is 1. The first kappa shape index (κ1) is 16.5. The van der Waals surface area contributed by atoms with Crippen molar-refractivity contribution in [1.82, 2.24) is 10.6 Å². The van der Waals surface area contributed by atoms with Crippen LogP contribution in [0.15, 0.2) is 22.7 Å². The van der Waals surface area contributed by atoms with Gasteiger partial charge in [0.15, 0.2) is 0 Å². The smallest absolute Gasteiger partial charge is 0.252 e. The van der Waals surface area contributed by atoms with Crippen molar-refractivity contribution in [2.75, 3.05) is 20.2 Å². The summed E-state index contributed by atoms with van der Waals surface area (Å²) in [7, 11) is 1.55. The summed E-state index contributed by atoms with van der Waals surface area (Å²) in [5, 5.41) is 5.48. The van der Waals surface area contributed by atoms with Crippen LogP contribution in [0.4, 0.5) is 0 Å². The van der Waals surface area contributed by atoms with E-state index in [0.29, 0.717) is 28.9 Å². The predicted octanol–water partition coefficient (Wildman–Crippen LogP) is 1.96. The van der Waals surface area contributed by atoms with Gasteiger partial charge in [0, 0.05) is 23.5 Å². The molecule has 0 aliphatic rings. The topological polar surface area (TPSA) is 67.4 Å². The summed E-state index contributed by atoms with van der Waals surface area (Å²) >= 11 is 3.33. The molecule has 5 nitrogen and oxygen atoms in total. The Hall–Kier alpha value is -1.56. The van der Waals surface area contributed by atoms with E-state index in [4.69, 9.17) is 4.74 Å². The molecule has 2 amide bonds. The lowest BCUT2D eigenvalue weighted by Gasteiger charge is -2.10. The molecule has 0 aromatic heterocycles. The van der Waals surface area contributed by atoms with Gasteiger partial charge in [0.1, 0.15) is 5.75 Å². The quantitative estimate of drug-likeness (QED) is 0.776. The van der Waals surface area contributed by atoms with Crippen LogP contribution < -0.4 is 15.4 Å². The number of carbonyl (C=O) groups is 2. The van der Waals surface area contributed by atoms with Crippen LogP contribution in [0, 0.1) is 5.92 Å². The Bertz CT molecular complexity index is 489. The maximum Gasteiger partial charge on any atom is 0.252 e. The zero-order valence-electron chi connectivity index (χ0n) is 11.8. The minimum Gasteiger partial charge on any atom is -0.497 e. The third kappa shape index (κ3) is 4.85. The van der Waals surface area contributed by atoms with Crippen molar-refractivity contribution in [3.05, 3.63) is 28.2 Å². The number of methoxy groups -OCH3 is 1. The fourth-order valence-corrected chi connectivity index (χ4v) is 1.89. The van der Waals surface area contributed by atoms with Crippen molar-refractivity contribution >= 4 is 27.7 Å². The third-order valence-electron chi connectivity index (χ3n) is 2.65. The monoisotopic (exact) mass is 342 g/mol. The summed E-state index contributed by atoms with van der Waals surface area (Å²) in [6, 6.07) is 5.18. The van der Waals surface area contributed by atoms with Crippen LogP contribution in [0.3, 0.4) is 0 Å². The third-order valence-corrected chi connectivity index (χ3v) is 3.34. The van der Waals surface area contributed by atoms with Gasteiger partial charge in [-0.2, -0.15) is 0 Å².